The molecule has 1 amide bonds. The number of nitrogens with one attached hydrogen (secondary N) is 1. The number of hydrogen-bond donors (Lipinski definition) is 1. The van der Waals surface area contributed by atoms with Crippen LogP contribution in [0, 0.1) is 0 Å². The monoisotopic (exact) mass is 586 g/mol. The molecule has 0 aliphatic heterocycles. The van der Waals surface area contributed by atoms with E-state index in [1.165, 1.54) is 36.4 Å². The van der Waals surface area contributed by atoms with Crippen molar-refractivity contribution in [3.63, 3.8) is 0 Å². The highest BCUT2D eigenvalue weighted by molar-refractivity contribution is 7.89. The fourth-order valence-electron chi connectivity index (χ4n) is 3.74. The number of carbonyl (C=O) groups is 2. The van der Waals surface area contributed by atoms with Crippen LogP contribution in [0.5, 0.6) is 0 Å². The van der Waals surface area contributed by atoms with Crippen LogP contribution in [0.25, 0.3) is 0 Å². The Labute approximate surface area is 235 Å². The number of hydrogen-bond acceptors (Lipinski definition) is 4. The number of sulfonamides is 1. The molecule has 0 heterocycles. The molecule has 4 aromatic carbocycles. The van der Waals surface area contributed by atoms with Gasteiger partial charge < -0.3 is 5.32 Å². The quantitative estimate of drug-likeness (QED) is 0.221. The second-order valence-corrected chi connectivity index (χ2v) is 11.5. The molecule has 0 bridgehead atoms. The third kappa shape index (κ3) is 6.62. The molecular weight excluding hydrogens is 567 g/mol. The molecule has 0 unspecified atom stereocenters. The van der Waals surface area contributed by atoms with Crippen molar-refractivity contribution >= 4 is 62.2 Å². The van der Waals surface area contributed by atoms with Gasteiger partial charge in [0.05, 0.1) is 17.3 Å². The highest BCUT2D eigenvalue weighted by Crippen LogP contribution is 2.29. The summed E-state index contributed by atoms with van der Waals surface area (Å²) in [6.07, 6.45) is 0. The van der Waals surface area contributed by atoms with Gasteiger partial charge in [-0.2, -0.15) is 4.31 Å². The first-order chi connectivity index (χ1) is 18.1. The van der Waals surface area contributed by atoms with E-state index in [4.69, 9.17) is 34.8 Å². The van der Waals surface area contributed by atoms with Crippen molar-refractivity contribution in [2.75, 3.05) is 11.9 Å². The highest BCUT2D eigenvalue weighted by atomic mass is 35.5. The minimum Gasteiger partial charge on any atom is -0.324 e. The van der Waals surface area contributed by atoms with Gasteiger partial charge in [0.1, 0.15) is 4.90 Å². The number of ketones is 1. The molecule has 0 fully saturated rings. The lowest BCUT2D eigenvalue weighted by molar-refractivity contribution is -0.116. The smallest absolute Gasteiger partial charge is 0.245 e. The van der Waals surface area contributed by atoms with E-state index in [9.17, 15) is 18.0 Å². The Morgan fingerprint density at radius 3 is 2.05 bits per heavy atom. The van der Waals surface area contributed by atoms with Gasteiger partial charge in [-0.15, -0.1) is 0 Å². The van der Waals surface area contributed by atoms with Crippen LogP contribution in [0.2, 0.25) is 15.1 Å². The van der Waals surface area contributed by atoms with Crippen molar-refractivity contribution in [1.29, 1.82) is 0 Å². The zero-order chi connectivity index (χ0) is 27.3. The average molecular weight is 588 g/mol. The van der Waals surface area contributed by atoms with Gasteiger partial charge in [0.25, 0.3) is 0 Å². The molecule has 1 N–H and O–H groups in total. The fourth-order valence-corrected chi connectivity index (χ4v) is 6.03. The lowest BCUT2D eigenvalue weighted by Crippen LogP contribution is -2.38. The van der Waals surface area contributed by atoms with E-state index < -0.39 is 22.5 Å². The van der Waals surface area contributed by atoms with Gasteiger partial charge in [-0.25, -0.2) is 8.42 Å². The Morgan fingerprint density at radius 1 is 0.763 bits per heavy atom. The van der Waals surface area contributed by atoms with E-state index in [0.717, 1.165) is 4.31 Å². The molecule has 10 heteroatoms. The summed E-state index contributed by atoms with van der Waals surface area (Å²) in [6, 6.07) is 25.9. The number of carbonyl (C=O) groups excluding carboxylic acids is 2. The number of benzene rings is 4. The summed E-state index contributed by atoms with van der Waals surface area (Å²) < 4.78 is 28.3. The molecule has 0 saturated carbocycles. The molecule has 6 nitrogen and oxygen atoms in total. The van der Waals surface area contributed by atoms with Crippen LogP contribution in [0.15, 0.2) is 102 Å². The van der Waals surface area contributed by atoms with Crippen molar-refractivity contribution < 1.29 is 18.0 Å². The van der Waals surface area contributed by atoms with Crippen molar-refractivity contribution in [3.8, 4) is 0 Å². The van der Waals surface area contributed by atoms with Gasteiger partial charge in [-0.3, -0.25) is 9.59 Å². The van der Waals surface area contributed by atoms with E-state index in [1.807, 2.05) is 0 Å². The first-order valence-electron chi connectivity index (χ1n) is 11.3. The molecule has 0 aliphatic carbocycles. The number of halogens is 3. The minimum atomic E-state index is -4.25. The molecule has 38 heavy (non-hydrogen) atoms. The van der Waals surface area contributed by atoms with Crippen LogP contribution in [-0.2, 0) is 21.4 Å². The summed E-state index contributed by atoms with van der Waals surface area (Å²) in [5.41, 5.74) is 1.45. The van der Waals surface area contributed by atoms with Crippen molar-refractivity contribution in [2.45, 2.75) is 11.4 Å². The molecule has 0 aromatic heterocycles. The highest BCUT2D eigenvalue weighted by Gasteiger charge is 2.29. The van der Waals surface area contributed by atoms with Gasteiger partial charge in [0, 0.05) is 27.7 Å². The van der Waals surface area contributed by atoms with E-state index in [2.05, 4.69) is 5.32 Å². The average Bonchev–Trinajstić information content (AvgIpc) is 2.91. The normalized spacial score (nSPS) is 11.4. The zero-order valence-electron chi connectivity index (χ0n) is 19.8. The Kier molecular flexibility index (Phi) is 8.87. The van der Waals surface area contributed by atoms with Crippen LogP contribution in [0.1, 0.15) is 21.5 Å². The summed E-state index contributed by atoms with van der Waals surface area (Å²) in [7, 11) is -4.25. The van der Waals surface area contributed by atoms with E-state index in [0.29, 0.717) is 16.1 Å². The zero-order valence-corrected chi connectivity index (χ0v) is 22.9. The second kappa shape index (κ2) is 12.1. The van der Waals surface area contributed by atoms with Crippen LogP contribution < -0.4 is 5.32 Å². The van der Waals surface area contributed by atoms with Crippen LogP contribution in [-0.4, -0.2) is 31.0 Å². The van der Waals surface area contributed by atoms with E-state index >= 15 is 0 Å². The third-order valence-corrected chi connectivity index (χ3v) is 8.31. The predicted molar refractivity (Wildman–Crippen MR) is 150 cm³/mol. The Hall–Kier alpha value is -3.20. The molecule has 0 radical (unpaired) electrons. The van der Waals surface area contributed by atoms with Crippen LogP contribution in [0.4, 0.5) is 5.69 Å². The lowest BCUT2D eigenvalue weighted by Gasteiger charge is -2.23. The molecule has 194 valence electrons. The van der Waals surface area contributed by atoms with Gasteiger partial charge >= 0.3 is 0 Å². The number of anilines is 1. The first-order valence-corrected chi connectivity index (χ1v) is 13.9. The molecule has 4 rings (SSSR count). The largest absolute Gasteiger partial charge is 0.324 e. The summed E-state index contributed by atoms with van der Waals surface area (Å²) in [5.74, 6) is -1.00. The van der Waals surface area contributed by atoms with Crippen molar-refractivity contribution in [2.24, 2.45) is 0 Å². The minimum absolute atomic E-state index is 0.0266. The van der Waals surface area contributed by atoms with Crippen LogP contribution >= 0.6 is 34.8 Å². The molecule has 0 saturated heterocycles. The Balaban J connectivity index is 1.65. The van der Waals surface area contributed by atoms with Crippen molar-refractivity contribution in [3.05, 3.63) is 129 Å². The second-order valence-electron chi connectivity index (χ2n) is 8.27. The standard InChI is InChI=1S/C28H21Cl3N2O4S/c29-21-12-14-25(23(15-21)28(35)20-9-5-2-6-10-20)32-27(34)18-33(17-19-7-3-1-4-8-19)38(36,37)26-16-22(30)11-13-24(26)31/h1-16H,17-18H2,(H,32,34). The first kappa shape index (κ1) is 27.8. The summed E-state index contributed by atoms with van der Waals surface area (Å²) in [5, 5.41) is 3.14. The van der Waals surface area contributed by atoms with E-state index in [1.54, 1.807) is 60.7 Å². The number of nitrogens with zero attached hydrogens (tertiary/aromatic N) is 1. The van der Waals surface area contributed by atoms with Gasteiger partial charge in [-0.1, -0.05) is 95.5 Å². The fraction of sp³-hybridized carbons (Fsp3) is 0.0714. The molecule has 0 atom stereocenters. The molecule has 4 aromatic rings. The summed E-state index contributed by atoms with van der Waals surface area (Å²) in [6.45, 7) is -0.655. The van der Waals surface area contributed by atoms with Gasteiger partial charge in [0.2, 0.25) is 15.9 Å². The van der Waals surface area contributed by atoms with Gasteiger partial charge in [-0.05, 0) is 42.0 Å². The Bertz CT molecular complexity index is 1580. The predicted octanol–water partition coefficient (Wildman–Crippen LogP) is 6.71. The SMILES string of the molecule is O=C(CN(Cc1ccccc1)S(=O)(=O)c1cc(Cl)ccc1Cl)Nc1ccc(Cl)cc1C(=O)c1ccccc1. The maximum atomic E-state index is 13.6. The van der Waals surface area contributed by atoms with Gasteiger partial charge in [0.15, 0.2) is 5.78 Å². The summed E-state index contributed by atoms with van der Waals surface area (Å²) >= 11 is 18.4. The number of rotatable bonds is 9. The van der Waals surface area contributed by atoms with Crippen molar-refractivity contribution in [1.82, 2.24) is 4.31 Å². The molecule has 0 aliphatic rings. The molecular formula is C28H21Cl3N2O4S. The lowest BCUT2D eigenvalue weighted by atomic mass is 10.0. The maximum Gasteiger partial charge on any atom is 0.245 e. The summed E-state index contributed by atoms with van der Waals surface area (Å²) in [4.78, 5) is 26.1. The maximum absolute atomic E-state index is 13.6. The van der Waals surface area contributed by atoms with E-state index in [-0.39, 0.29) is 38.5 Å². The number of amides is 1. The topological polar surface area (TPSA) is 83.6 Å². The van der Waals surface area contributed by atoms with Crippen LogP contribution in [0.3, 0.4) is 0 Å². The molecule has 0 spiro atoms. The third-order valence-electron chi connectivity index (χ3n) is 5.57. The Morgan fingerprint density at radius 2 is 1.37 bits per heavy atom.